The Morgan fingerprint density at radius 2 is 1.55 bits per heavy atom. The summed E-state index contributed by atoms with van der Waals surface area (Å²) in [5.74, 6) is 1.11. The molecular weight excluding hydrogens is 270 g/mol. The summed E-state index contributed by atoms with van der Waals surface area (Å²) in [6.45, 7) is 0.385. The number of carbonyl (C=O) groups is 1. The fourth-order valence-electron chi connectivity index (χ4n) is 1.64. The van der Waals surface area contributed by atoms with E-state index in [9.17, 15) is 4.79 Å². The van der Waals surface area contributed by atoms with Crippen molar-refractivity contribution in [3.63, 3.8) is 0 Å². The maximum absolute atomic E-state index is 11.6. The molecule has 1 amide bonds. The number of amides is 1. The molecule has 0 spiro atoms. The summed E-state index contributed by atoms with van der Waals surface area (Å²) in [5.41, 5.74) is 4.71. The van der Waals surface area contributed by atoms with Gasteiger partial charge in [-0.1, -0.05) is 60.7 Å². The van der Waals surface area contributed by atoms with E-state index >= 15 is 0 Å². The van der Waals surface area contributed by atoms with Crippen LogP contribution in [-0.2, 0) is 22.0 Å². The van der Waals surface area contributed by atoms with Gasteiger partial charge < -0.3 is 0 Å². The van der Waals surface area contributed by atoms with E-state index in [1.165, 1.54) is 5.56 Å². The third-order valence-corrected chi connectivity index (χ3v) is 3.62. The van der Waals surface area contributed by atoms with Crippen LogP contribution in [0.1, 0.15) is 11.1 Å². The molecule has 0 aliphatic carbocycles. The quantitative estimate of drug-likeness (QED) is 0.795. The minimum Gasteiger partial charge on any atom is -0.272 e. The molecule has 2 aromatic carbocycles. The van der Waals surface area contributed by atoms with Gasteiger partial charge in [0.05, 0.1) is 12.4 Å². The molecular formula is C16H17NO2S. The Bertz CT molecular complexity index is 469. The monoisotopic (exact) mass is 287 g/mol. The lowest BCUT2D eigenvalue weighted by atomic mass is 10.2. The van der Waals surface area contributed by atoms with Crippen molar-refractivity contribution < 1.29 is 9.63 Å². The second-order valence-corrected chi connectivity index (χ2v) is 5.26. The highest BCUT2D eigenvalue weighted by atomic mass is 32.2. The lowest BCUT2D eigenvalue weighted by molar-refractivity contribution is -0.131. The molecule has 4 heteroatoms. The fourth-order valence-corrected chi connectivity index (χ4v) is 2.41. The van der Waals surface area contributed by atoms with Crippen molar-refractivity contribution in [2.45, 2.75) is 12.4 Å². The van der Waals surface area contributed by atoms with Crippen molar-refractivity contribution in [1.29, 1.82) is 0 Å². The molecule has 0 heterocycles. The van der Waals surface area contributed by atoms with E-state index in [0.717, 1.165) is 11.3 Å². The van der Waals surface area contributed by atoms with Gasteiger partial charge in [0, 0.05) is 5.75 Å². The van der Waals surface area contributed by atoms with Gasteiger partial charge in [-0.25, -0.2) is 5.48 Å². The van der Waals surface area contributed by atoms with E-state index < -0.39 is 0 Å². The Hall–Kier alpha value is -1.78. The van der Waals surface area contributed by atoms with Crippen LogP contribution in [0.15, 0.2) is 60.7 Å². The number of hydrogen-bond acceptors (Lipinski definition) is 3. The molecule has 0 aromatic heterocycles. The first-order chi connectivity index (χ1) is 9.84. The van der Waals surface area contributed by atoms with Crippen LogP contribution in [-0.4, -0.2) is 11.7 Å². The number of thioether (sulfide) groups is 1. The van der Waals surface area contributed by atoms with Gasteiger partial charge in [-0.3, -0.25) is 9.63 Å². The molecule has 104 valence electrons. The second-order valence-electron chi connectivity index (χ2n) is 4.28. The van der Waals surface area contributed by atoms with Crippen molar-refractivity contribution in [2.75, 3.05) is 5.75 Å². The van der Waals surface area contributed by atoms with E-state index in [1.54, 1.807) is 11.8 Å². The molecule has 0 saturated heterocycles. The Kier molecular flexibility index (Phi) is 6.14. The number of rotatable bonds is 7. The Labute approximate surface area is 123 Å². The zero-order valence-electron chi connectivity index (χ0n) is 11.1. The van der Waals surface area contributed by atoms with E-state index in [1.807, 2.05) is 48.5 Å². The molecule has 0 atom stereocenters. The van der Waals surface area contributed by atoms with Gasteiger partial charge in [0.1, 0.15) is 0 Å². The number of hydrogen-bond donors (Lipinski definition) is 1. The predicted octanol–water partition coefficient (Wildman–Crippen LogP) is 3.17. The van der Waals surface area contributed by atoms with E-state index in [4.69, 9.17) is 4.84 Å². The Morgan fingerprint density at radius 1 is 0.950 bits per heavy atom. The predicted molar refractivity (Wildman–Crippen MR) is 82.0 cm³/mol. The van der Waals surface area contributed by atoms with Crippen molar-refractivity contribution in [3.8, 4) is 0 Å². The molecule has 2 aromatic rings. The first kappa shape index (κ1) is 14.6. The van der Waals surface area contributed by atoms with Crippen molar-refractivity contribution in [1.82, 2.24) is 5.48 Å². The minimum atomic E-state index is -0.109. The third kappa shape index (κ3) is 5.47. The topological polar surface area (TPSA) is 38.3 Å². The number of nitrogens with one attached hydrogen (secondary N) is 1. The van der Waals surface area contributed by atoms with Crippen LogP contribution in [0.4, 0.5) is 0 Å². The molecule has 0 unspecified atom stereocenters. The number of carbonyl (C=O) groups excluding carboxylic acids is 1. The number of benzene rings is 2. The first-order valence-corrected chi connectivity index (χ1v) is 7.56. The molecule has 0 saturated carbocycles. The lowest BCUT2D eigenvalue weighted by Crippen LogP contribution is -2.25. The highest BCUT2D eigenvalue weighted by molar-refractivity contribution is 7.99. The van der Waals surface area contributed by atoms with Gasteiger partial charge in [0.25, 0.3) is 5.91 Å². The van der Waals surface area contributed by atoms with Gasteiger partial charge in [0.15, 0.2) is 0 Å². The normalized spacial score (nSPS) is 10.2. The summed E-state index contributed by atoms with van der Waals surface area (Å²) in [6, 6.07) is 19.8. The molecule has 20 heavy (non-hydrogen) atoms. The second kappa shape index (κ2) is 8.40. The standard InChI is InChI=1S/C16H17NO2S/c18-16(13-20-12-15-9-5-2-6-10-15)17-19-11-14-7-3-1-4-8-14/h1-10H,11-13H2,(H,17,18). The summed E-state index contributed by atoms with van der Waals surface area (Å²) >= 11 is 1.57. The van der Waals surface area contributed by atoms with Gasteiger partial charge in [0.2, 0.25) is 0 Å². The molecule has 1 N–H and O–H groups in total. The average Bonchev–Trinajstić information content (AvgIpc) is 2.49. The summed E-state index contributed by atoms with van der Waals surface area (Å²) < 4.78 is 0. The average molecular weight is 287 g/mol. The van der Waals surface area contributed by atoms with Crippen molar-refractivity contribution in [3.05, 3.63) is 71.8 Å². The van der Waals surface area contributed by atoms with Crippen LogP contribution in [0, 0.1) is 0 Å². The van der Waals surface area contributed by atoms with Crippen LogP contribution in [0.25, 0.3) is 0 Å². The zero-order chi connectivity index (χ0) is 14.0. The lowest BCUT2D eigenvalue weighted by Gasteiger charge is -2.06. The van der Waals surface area contributed by atoms with Crippen molar-refractivity contribution in [2.24, 2.45) is 0 Å². The Balaban J connectivity index is 1.59. The fraction of sp³-hybridized carbons (Fsp3) is 0.188. The van der Waals surface area contributed by atoms with Crippen LogP contribution in [0.3, 0.4) is 0 Å². The largest absolute Gasteiger partial charge is 0.272 e. The molecule has 3 nitrogen and oxygen atoms in total. The summed E-state index contributed by atoms with van der Waals surface area (Å²) in [7, 11) is 0. The van der Waals surface area contributed by atoms with Gasteiger partial charge in [-0.15, -0.1) is 11.8 Å². The first-order valence-electron chi connectivity index (χ1n) is 6.41. The molecule has 2 rings (SSSR count). The highest BCUT2D eigenvalue weighted by Crippen LogP contribution is 2.11. The van der Waals surface area contributed by atoms with E-state index in [0.29, 0.717) is 12.4 Å². The molecule has 0 radical (unpaired) electrons. The maximum atomic E-state index is 11.6. The van der Waals surface area contributed by atoms with E-state index in [2.05, 4.69) is 17.6 Å². The van der Waals surface area contributed by atoms with Crippen LogP contribution in [0.5, 0.6) is 0 Å². The maximum Gasteiger partial charge on any atom is 0.253 e. The van der Waals surface area contributed by atoms with Crippen LogP contribution < -0.4 is 5.48 Å². The number of hydroxylamine groups is 1. The Morgan fingerprint density at radius 3 is 2.20 bits per heavy atom. The zero-order valence-corrected chi connectivity index (χ0v) is 11.9. The van der Waals surface area contributed by atoms with Gasteiger partial charge in [-0.2, -0.15) is 0 Å². The molecule has 0 bridgehead atoms. The molecule has 0 aliphatic rings. The summed E-state index contributed by atoms with van der Waals surface area (Å²) in [4.78, 5) is 16.7. The SMILES string of the molecule is O=C(CSCc1ccccc1)NOCc1ccccc1. The smallest absolute Gasteiger partial charge is 0.253 e. The van der Waals surface area contributed by atoms with Crippen molar-refractivity contribution >= 4 is 17.7 Å². The third-order valence-electron chi connectivity index (χ3n) is 2.61. The summed E-state index contributed by atoms with van der Waals surface area (Å²) in [6.07, 6.45) is 0. The van der Waals surface area contributed by atoms with Crippen LogP contribution >= 0.6 is 11.8 Å². The van der Waals surface area contributed by atoms with Crippen LogP contribution in [0.2, 0.25) is 0 Å². The summed E-state index contributed by atoms with van der Waals surface area (Å²) in [5, 5.41) is 0. The molecule has 0 aliphatic heterocycles. The minimum absolute atomic E-state index is 0.109. The van der Waals surface area contributed by atoms with E-state index in [-0.39, 0.29) is 5.91 Å². The molecule has 0 fully saturated rings. The van der Waals surface area contributed by atoms with Gasteiger partial charge >= 0.3 is 0 Å². The highest BCUT2D eigenvalue weighted by Gasteiger charge is 2.02. The van der Waals surface area contributed by atoms with Gasteiger partial charge in [-0.05, 0) is 11.1 Å².